The minimum Gasteiger partial charge on any atom is -0.461 e. The van der Waals surface area contributed by atoms with Gasteiger partial charge in [0.2, 0.25) is 5.16 Å². The van der Waals surface area contributed by atoms with E-state index in [0.717, 1.165) is 6.42 Å². The second-order valence-electron chi connectivity index (χ2n) is 4.71. The molecule has 112 valence electrons. The largest absolute Gasteiger partial charge is 0.461 e. The second kappa shape index (κ2) is 6.62. The maximum atomic E-state index is 12.1. The molecular formula is C16H15N3O2S. The number of thioether (sulfide) groups is 1. The zero-order valence-electron chi connectivity index (χ0n) is 12.1. The van der Waals surface area contributed by atoms with E-state index in [-0.39, 0.29) is 5.78 Å². The van der Waals surface area contributed by atoms with Crippen LogP contribution in [0.2, 0.25) is 0 Å². The Morgan fingerprint density at radius 1 is 1.27 bits per heavy atom. The highest BCUT2D eigenvalue weighted by Crippen LogP contribution is 2.20. The lowest BCUT2D eigenvalue weighted by molar-refractivity contribution is 0.102. The molecule has 0 atom stereocenters. The molecule has 6 heteroatoms. The van der Waals surface area contributed by atoms with Crippen LogP contribution in [0.15, 0.2) is 52.2 Å². The van der Waals surface area contributed by atoms with E-state index >= 15 is 0 Å². The molecule has 3 rings (SSSR count). The lowest BCUT2D eigenvalue weighted by Gasteiger charge is -2.01. The number of aryl methyl sites for hydroxylation is 1. The van der Waals surface area contributed by atoms with Gasteiger partial charge in [-0.05, 0) is 24.1 Å². The Morgan fingerprint density at radius 2 is 2.09 bits per heavy atom. The van der Waals surface area contributed by atoms with Gasteiger partial charge in [0.25, 0.3) is 0 Å². The summed E-state index contributed by atoms with van der Waals surface area (Å²) in [7, 11) is 0. The van der Waals surface area contributed by atoms with Crippen molar-refractivity contribution in [3.63, 3.8) is 0 Å². The van der Waals surface area contributed by atoms with Gasteiger partial charge in [0.1, 0.15) is 0 Å². The summed E-state index contributed by atoms with van der Waals surface area (Å²) in [5.41, 5.74) is 1.94. The van der Waals surface area contributed by atoms with Crippen molar-refractivity contribution in [3.8, 4) is 11.6 Å². The number of hydrogen-bond donors (Lipinski definition) is 1. The number of carbonyl (C=O) groups is 1. The van der Waals surface area contributed by atoms with Crippen molar-refractivity contribution in [2.75, 3.05) is 5.75 Å². The number of furan rings is 1. The number of aromatic nitrogens is 3. The summed E-state index contributed by atoms with van der Waals surface area (Å²) in [6.07, 6.45) is 2.55. The standard InChI is InChI=1S/C16H15N3O2S/c1-2-11-5-7-12(8-6-11)13(20)10-22-16-17-15(18-19-16)14-4-3-9-21-14/h3-9H,2,10H2,1H3,(H,17,18,19). The molecule has 1 aromatic carbocycles. The van der Waals surface area contributed by atoms with Crippen molar-refractivity contribution in [2.45, 2.75) is 18.5 Å². The number of nitrogens with zero attached hydrogens (tertiary/aromatic N) is 2. The molecule has 0 aliphatic carbocycles. The zero-order chi connectivity index (χ0) is 15.4. The van der Waals surface area contributed by atoms with E-state index in [1.54, 1.807) is 18.4 Å². The van der Waals surface area contributed by atoms with Crippen molar-refractivity contribution >= 4 is 17.5 Å². The first-order chi connectivity index (χ1) is 10.8. The number of rotatable bonds is 6. The van der Waals surface area contributed by atoms with Crippen molar-refractivity contribution < 1.29 is 9.21 Å². The molecule has 0 radical (unpaired) electrons. The number of Topliss-reactive ketones (excluding diaryl/α,β-unsaturated/α-hetero) is 1. The number of ketones is 1. The Labute approximate surface area is 132 Å². The van der Waals surface area contributed by atoms with E-state index in [1.807, 2.05) is 24.3 Å². The molecule has 2 aromatic heterocycles. The third-order valence-corrected chi connectivity index (χ3v) is 4.08. The van der Waals surface area contributed by atoms with Crippen molar-refractivity contribution in [3.05, 3.63) is 53.8 Å². The van der Waals surface area contributed by atoms with E-state index in [0.29, 0.717) is 28.1 Å². The van der Waals surface area contributed by atoms with Crippen LogP contribution in [-0.4, -0.2) is 26.7 Å². The van der Waals surface area contributed by atoms with Gasteiger partial charge in [-0.25, -0.2) is 0 Å². The van der Waals surface area contributed by atoms with E-state index < -0.39 is 0 Å². The Hall–Kier alpha value is -2.34. The molecule has 0 amide bonds. The van der Waals surface area contributed by atoms with Crippen LogP contribution in [0.5, 0.6) is 0 Å². The number of H-pyrrole nitrogens is 1. The Balaban J connectivity index is 1.61. The van der Waals surface area contributed by atoms with Crippen molar-refractivity contribution in [1.82, 2.24) is 15.2 Å². The maximum absolute atomic E-state index is 12.1. The fourth-order valence-corrected chi connectivity index (χ4v) is 2.67. The molecule has 22 heavy (non-hydrogen) atoms. The number of aromatic amines is 1. The summed E-state index contributed by atoms with van der Waals surface area (Å²) >= 11 is 1.31. The van der Waals surface area contributed by atoms with Gasteiger partial charge in [-0.3, -0.25) is 9.89 Å². The van der Waals surface area contributed by atoms with Crippen LogP contribution >= 0.6 is 11.8 Å². The number of hydrogen-bond acceptors (Lipinski definition) is 5. The monoisotopic (exact) mass is 313 g/mol. The fraction of sp³-hybridized carbons (Fsp3) is 0.188. The molecule has 0 aliphatic heterocycles. The van der Waals surface area contributed by atoms with Gasteiger partial charge in [-0.15, -0.1) is 5.10 Å². The molecular weight excluding hydrogens is 298 g/mol. The van der Waals surface area contributed by atoms with Crippen LogP contribution in [0.1, 0.15) is 22.8 Å². The highest BCUT2D eigenvalue weighted by molar-refractivity contribution is 7.99. The molecule has 0 saturated heterocycles. The van der Waals surface area contributed by atoms with Crippen LogP contribution in [0, 0.1) is 0 Å². The minimum atomic E-state index is 0.0667. The first-order valence-electron chi connectivity index (χ1n) is 6.97. The van der Waals surface area contributed by atoms with Gasteiger partial charge in [-0.2, -0.15) is 4.98 Å². The molecule has 5 nitrogen and oxygen atoms in total. The predicted octanol–water partition coefficient (Wildman–Crippen LogP) is 3.60. The normalized spacial score (nSPS) is 10.8. The van der Waals surface area contributed by atoms with Gasteiger partial charge in [-0.1, -0.05) is 43.0 Å². The molecule has 0 aliphatic rings. The average Bonchev–Trinajstić information content (AvgIpc) is 3.23. The summed E-state index contributed by atoms with van der Waals surface area (Å²) < 4.78 is 5.24. The zero-order valence-corrected chi connectivity index (χ0v) is 12.9. The summed E-state index contributed by atoms with van der Waals surface area (Å²) in [4.78, 5) is 16.4. The Morgan fingerprint density at radius 3 is 2.77 bits per heavy atom. The average molecular weight is 313 g/mol. The van der Waals surface area contributed by atoms with Crippen LogP contribution in [0.4, 0.5) is 0 Å². The van der Waals surface area contributed by atoms with Gasteiger partial charge in [0.05, 0.1) is 12.0 Å². The highest BCUT2D eigenvalue weighted by atomic mass is 32.2. The predicted molar refractivity (Wildman–Crippen MR) is 85.0 cm³/mol. The topological polar surface area (TPSA) is 71.8 Å². The Bertz CT molecular complexity index is 748. The van der Waals surface area contributed by atoms with E-state index in [4.69, 9.17) is 4.42 Å². The van der Waals surface area contributed by atoms with E-state index in [2.05, 4.69) is 22.1 Å². The van der Waals surface area contributed by atoms with Crippen molar-refractivity contribution in [2.24, 2.45) is 0 Å². The molecule has 0 unspecified atom stereocenters. The van der Waals surface area contributed by atoms with E-state index in [9.17, 15) is 4.79 Å². The maximum Gasteiger partial charge on any atom is 0.209 e. The third-order valence-electron chi connectivity index (χ3n) is 3.24. The minimum absolute atomic E-state index is 0.0667. The van der Waals surface area contributed by atoms with Crippen molar-refractivity contribution in [1.29, 1.82) is 0 Å². The van der Waals surface area contributed by atoms with Crippen LogP contribution < -0.4 is 0 Å². The summed E-state index contributed by atoms with van der Waals surface area (Å²) in [6, 6.07) is 11.3. The van der Waals surface area contributed by atoms with Crippen LogP contribution in [0.3, 0.4) is 0 Å². The quantitative estimate of drug-likeness (QED) is 0.556. The highest BCUT2D eigenvalue weighted by Gasteiger charge is 2.11. The number of benzene rings is 1. The molecule has 2 heterocycles. The summed E-state index contributed by atoms with van der Waals surface area (Å²) in [5, 5.41) is 7.41. The molecule has 0 saturated carbocycles. The SMILES string of the molecule is CCc1ccc(C(=O)CSc2n[nH]c(-c3ccco3)n2)cc1. The molecule has 0 fully saturated rings. The fourth-order valence-electron chi connectivity index (χ4n) is 1.97. The Kier molecular flexibility index (Phi) is 4.39. The summed E-state index contributed by atoms with van der Waals surface area (Å²) in [5.74, 6) is 1.56. The third kappa shape index (κ3) is 3.28. The number of nitrogens with one attached hydrogen (secondary N) is 1. The van der Waals surface area contributed by atoms with E-state index in [1.165, 1.54) is 17.3 Å². The summed E-state index contributed by atoms with van der Waals surface area (Å²) in [6.45, 7) is 2.09. The van der Waals surface area contributed by atoms with Gasteiger partial charge in [0.15, 0.2) is 17.4 Å². The molecule has 3 aromatic rings. The smallest absolute Gasteiger partial charge is 0.209 e. The lowest BCUT2D eigenvalue weighted by atomic mass is 10.1. The van der Waals surface area contributed by atoms with Gasteiger partial charge < -0.3 is 4.42 Å². The van der Waals surface area contributed by atoms with Gasteiger partial charge >= 0.3 is 0 Å². The molecule has 0 bridgehead atoms. The molecule has 0 spiro atoms. The number of carbonyl (C=O) groups excluding carboxylic acids is 1. The van der Waals surface area contributed by atoms with Gasteiger partial charge in [0, 0.05) is 5.56 Å². The van der Waals surface area contributed by atoms with Crippen LogP contribution in [-0.2, 0) is 6.42 Å². The van der Waals surface area contributed by atoms with Crippen LogP contribution in [0.25, 0.3) is 11.6 Å². The first kappa shape index (κ1) is 14.6. The second-order valence-corrected chi connectivity index (χ2v) is 5.65. The molecule has 1 N–H and O–H groups in total. The first-order valence-corrected chi connectivity index (χ1v) is 7.96. The lowest BCUT2D eigenvalue weighted by Crippen LogP contribution is -2.02.